The van der Waals surface area contributed by atoms with E-state index in [1.54, 1.807) is 31.4 Å². The quantitative estimate of drug-likeness (QED) is 0.588. The zero-order valence-electron chi connectivity index (χ0n) is 10.1. The normalized spacial score (nSPS) is 12.4. The molecular formula is C12H17FO2Si. The zero-order valence-corrected chi connectivity index (χ0v) is 11.1. The van der Waals surface area contributed by atoms with Crippen molar-refractivity contribution in [2.45, 2.75) is 19.6 Å². The smallest absolute Gasteiger partial charge is 0.242 e. The average molecular weight is 240 g/mol. The van der Waals surface area contributed by atoms with Crippen LogP contribution >= 0.6 is 0 Å². The Labute approximate surface area is 96.8 Å². The molecule has 88 valence electrons. The highest BCUT2D eigenvalue weighted by molar-refractivity contribution is 6.70. The predicted octanol–water partition coefficient (Wildman–Crippen LogP) is 3.81. The molecule has 1 aromatic carbocycles. The van der Waals surface area contributed by atoms with Crippen LogP contribution in [0.25, 0.3) is 5.76 Å². The highest BCUT2D eigenvalue weighted by atomic mass is 28.4. The molecule has 0 amide bonds. The van der Waals surface area contributed by atoms with Gasteiger partial charge in [0.05, 0.1) is 7.11 Å². The van der Waals surface area contributed by atoms with E-state index in [9.17, 15) is 4.39 Å². The lowest BCUT2D eigenvalue weighted by atomic mass is 10.2. The number of hydrogen-bond donors (Lipinski definition) is 0. The van der Waals surface area contributed by atoms with Crippen LogP contribution in [0.2, 0.25) is 19.6 Å². The summed E-state index contributed by atoms with van der Waals surface area (Å²) in [5.41, 5.74) is 0.728. The number of ether oxygens (including phenoxy) is 1. The first-order valence-corrected chi connectivity index (χ1v) is 8.51. The lowest BCUT2D eigenvalue weighted by Crippen LogP contribution is -2.24. The summed E-state index contributed by atoms with van der Waals surface area (Å²) in [7, 11) is -0.189. The van der Waals surface area contributed by atoms with E-state index in [-0.39, 0.29) is 0 Å². The summed E-state index contributed by atoms with van der Waals surface area (Å²) in [5.74, 6) is 1.04. The monoisotopic (exact) mass is 240 g/mol. The molecule has 0 unspecified atom stereocenters. The van der Waals surface area contributed by atoms with Gasteiger partial charge in [0.15, 0.2) is 0 Å². The lowest BCUT2D eigenvalue weighted by Gasteiger charge is -2.21. The molecule has 0 fully saturated rings. The molecule has 0 saturated carbocycles. The van der Waals surface area contributed by atoms with Gasteiger partial charge in [-0.25, -0.2) is 4.39 Å². The maximum atomic E-state index is 12.8. The van der Waals surface area contributed by atoms with Gasteiger partial charge < -0.3 is 9.16 Å². The third kappa shape index (κ3) is 3.70. The molecule has 0 radical (unpaired) electrons. The van der Waals surface area contributed by atoms with Gasteiger partial charge in [0.1, 0.15) is 17.8 Å². The van der Waals surface area contributed by atoms with Crippen molar-refractivity contribution in [1.29, 1.82) is 0 Å². The first-order chi connectivity index (χ1) is 7.46. The minimum atomic E-state index is -1.79. The number of rotatable bonds is 4. The van der Waals surface area contributed by atoms with Gasteiger partial charge in [0.25, 0.3) is 0 Å². The molecule has 0 N–H and O–H groups in total. The van der Waals surface area contributed by atoms with Crippen LogP contribution in [0.4, 0.5) is 4.39 Å². The Morgan fingerprint density at radius 3 is 2.12 bits per heavy atom. The van der Waals surface area contributed by atoms with E-state index in [4.69, 9.17) is 9.16 Å². The molecule has 0 bridgehead atoms. The maximum Gasteiger partial charge on any atom is 0.242 e. The van der Waals surface area contributed by atoms with Crippen molar-refractivity contribution < 1.29 is 13.6 Å². The molecule has 0 aromatic heterocycles. The van der Waals surface area contributed by atoms with Crippen molar-refractivity contribution >= 4 is 14.1 Å². The topological polar surface area (TPSA) is 18.5 Å². The number of benzene rings is 1. The number of hydrogen-bond acceptors (Lipinski definition) is 2. The van der Waals surface area contributed by atoms with Gasteiger partial charge >= 0.3 is 0 Å². The molecule has 0 spiro atoms. The molecule has 0 aliphatic heterocycles. The van der Waals surface area contributed by atoms with Crippen LogP contribution in [-0.2, 0) is 4.43 Å². The van der Waals surface area contributed by atoms with Crippen molar-refractivity contribution in [1.82, 2.24) is 0 Å². The summed E-state index contributed by atoms with van der Waals surface area (Å²) in [4.78, 5) is 0. The second-order valence-corrected chi connectivity index (χ2v) is 8.85. The number of halogens is 1. The molecule has 0 atom stereocenters. The molecule has 0 aliphatic rings. The fourth-order valence-corrected chi connectivity index (χ4v) is 2.05. The molecule has 4 heteroatoms. The molecule has 0 saturated heterocycles. The fourth-order valence-electron chi connectivity index (χ4n) is 1.23. The van der Waals surface area contributed by atoms with Crippen molar-refractivity contribution in [3.05, 3.63) is 36.2 Å². The van der Waals surface area contributed by atoms with E-state index in [0.29, 0.717) is 12.1 Å². The fraction of sp³-hybridized carbons (Fsp3) is 0.333. The Hall–Kier alpha value is -1.29. The van der Waals surface area contributed by atoms with E-state index >= 15 is 0 Å². The van der Waals surface area contributed by atoms with Crippen LogP contribution in [0, 0.1) is 0 Å². The molecule has 0 heterocycles. The van der Waals surface area contributed by atoms with Crippen LogP contribution in [0.5, 0.6) is 5.75 Å². The summed E-state index contributed by atoms with van der Waals surface area (Å²) in [6.45, 7) is 6.04. The van der Waals surface area contributed by atoms with Crippen LogP contribution in [0.3, 0.4) is 0 Å². The Bertz CT molecular complexity index is 366. The Kier molecular flexibility index (Phi) is 4.12. The van der Waals surface area contributed by atoms with Gasteiger partial charge in [-0.15, -0.1) is 0 Å². The van der Waals surface area contributed by atoms with E-state index in [0.717, 1.165) is 11.3 Å². The lowest BCUT2D eigenvalue weighted by molar-refractivity contribution is 0.414. The summed E-state index contributed by atoms with van der Waals surface area (Å²) >= 11 is 0. The third-order valence-corrected chi connectivity index (χ3v) is 2.72. The predicted molar refractivity (Wildman–Crippen MR) is 66.5 cm³/mol. The van der Waals surface area contributed by atoms with E-state index < -0.39 is 8.32 Å². The highest BCUT2D eigenvalue weighted by Crippen LogP contribution is 2.23. The van der Waals surface area contributed by atoms with Gasteiger partial charge in [-0.3, -0.25) is 0 Å². The summed E-state index contributed by atoms with van der Waals surface area (Å²) in [6, 6.07) is 7.13. The molecule has 0 aliphatic carbocycles. The summed E-state index contributed by atoms with van der Waals surface area (Å²) < 4.78 is 23.4. The van der Waals surface area contributed by atoms with Gasteiger partial charge in [-0.2, -0.15) is 0 Å². The van der Waals surface area contributed by atoms with Gasteiger partial charge in [-0.1, -0.05) is 0 Å². The molecule has 2 nitrogen and oxygen atoms in total. The second-order valence-electron chi connectivity index (χ2n) is 4.42. The van der Waals surface area contributed by atoms with Gasteiger partial charge in [-0.05, 0) is 43.9 Å². The largest absolute Gasteiger partial charge is 0.542 e. The van der Waals surface area contributed by atoms with Crippen LogP contribution < -0.4 is 4.74 Å². The summed E-state index contributed by atoms with van der Waals surface area (Å²) in [6.07, 6.45) is 0.514. The molecular weight excluding hydrogens is 223 g/mol. The van der Waals surface area contributed by atoms with Crippen LogP contribution in [-0.4, -0.2) is 15.4 Å². The maximum absolute atomic E-state index is 12.8. The van der Waals surface area contributed by atoms with Gasteiger partial charge in [0, 0.05) is 5.56 Å². The Morgan fingerprint density at radius 2 is 1.75 bits per heavy atom. The molecule has 16 heavy (non-hydrogen) atoms. The van der Waals surface area contributed by atoms with Crippen molar-refractivity contribution in [2.24, 2.45) is 0 Å². The SMILES string of the molecule is COc1ccc(/C(=C\F)O[Si](C)(C)C)cc1. The van der Waals surface area contributed by atoms with E-state index in [2.05, 4.69) is 0 Å². The Morgan fingerprint density at radius 1 is 1.19 bits per heavy atom. The van der Waals surface area contributed by atoms with E-state index in [1.807, 2.05) is 19.6 Å². The van der Waals surface area contributed by atoms with Gasteiger partial charge in [0.2, 0.25) is 8.32 Å². The third-order valence-electron chi connectivity index (χ3n) is 1.89. The first-order valence-electron chi connectivity index (χ1n) is 5.10. The minimum absolute atomic E-state index is 0.293. The van der Waals surface area contributed by atoms with Crippen LogP contribution in [0.15, 0.2) is 30.6 Å². The van der Waals surface area contributed by atoms with Crippen LogP contribution in [0.1, 0.15) is 5.56 Å². The molecule has 1 rings (SSSR count). The standard InChI is InChI=1S/C12H17FO2Si/c1-14-11-7-5-10(6-8-11)12(9-13)15-16(2,3)4/h5-9H,1-4H3/b12-9+. The van der Waals surface area contributed by atoms with Crippen molar-refractivity contribution in [3.63, 3.8) is 0 Å². The zero-order chi connectivity index (χ0) is 12.2. The summed E-state index contributed by atoms with van der Waals surface area (Å²) in [5, 5.41) is 0. The van der Waals surface area contributed by atoms with Crippen molar-refractivity contribution in [2.75, 3.05) is 7.11 Å². The van der Waals surface area contributed by atoms with E-state index in [1.165, 1.54) is 0 Å². The van der Waals surface area contributed by atoms with Crippen molar-refractivity contribution in [3.8, 4) is 5.75 Å². The second kappa shape index (κ2) is 5.16. The number of methoxy groups -OCH3 is 1. The average Bonchev–Trinajstić information content (AvgIpc) is 2.25. The first kappa shape index (κ1) is 12.8. The minimum Gasteiger partial charge on any atom is -0.542 e. The Balaban J connectivity index is 2.88. The molecule has 1 aromatic rings. The highest BCUT2D eigenvalue weighted by Gasteiger charge is 2.18.